The lowest BCUT2D eigenvalue weighted by Crippen LogP contribution is -2.31. The van der Waals surface area contributed by atoms with Crippen LogP contribution >= 0.6 is 0 Å². The standard InChI is InChI=1S/C10H12F2N2O4S/c1-2-3-13-19(17,18)14-9-4-6(10(15)16)7(11)5-8(9)12/h4-5,13-14H,2-3H2,1H3,(H,15,16). The lowest BCUT2D eigenvalue weighted by Gasteiger charge is -2.10. The van der Waals surface area contributed by atoms with Crippen molar-refractivity contribution in [3.63, 3.8) is 0 Å². The van der Waals surface area contributed by atoms with Gasteiger partial charge in [0.25, 0.3) is 10.2 Å². The fourth-order valence-corrected chi connectivity index (χ4v) is 2.20. The summed E-state index contributed by atoms with van der Waals surface area (Å²) in [7, 11) is -4.03. The second-order valence-electron chi connectivity index (χ2n) is 3.62. The number of carboxylic acid groups (broad SMARTS) is 1. The van der Waals surface area contributed by atoms with Crippen molar-refractivity contribution in [2.45, 2.75) is 13.3 Å². The third kappa shape index (κ3) is 4.14. The van der Waals surface area contributed by atoms with Gasteiger partial charge in [-0.3, -0.25) is 4.72 Å². The highest BCUT2D eigenvalue weighted by molar-refractivity contribution is 7.90. The number of aromatic carboxylic acids is 1. The topological polar surface area (TPSA) is 95.5 Å². The first-order chi connectivity index (χ1) is 8.76. The third-order valence-corrected chi connectivity index (χ3v) is 3.15. The molecule has 19 heavy (non-hydrogen) atoms. The summed E-state index contributed by atoms with van der Waals surface area (Å²) >= 11 is 0. The summed E-state index contributed by atoms with van der Waals surface area (Å²) in [5, 5.41) is 8.67. The van der Waals surface area contributed by atoms with Gasteiger partial charge in [0, 0.05) is 12.6 Å². The number of rotatable bonds is 6. The van der Waals surface area contributed by atoms with Gasteiger partial charge in [-0.2, -0.15) is 13.1 Å². The summed E-state index contributed by atoms with van der Waals surface area (Å²) in [6.07, 6.45) is 0.521. The number of carboxylic acids is 1. The van der Waals surface area contributed by atoms with Gasteiger partial charge >= 0.3 is 5.97 Å². The average molecular weight is 294 g/mol. The molecule has 0 saturated heterocycles. The molecule has 6 nitrogen and oxygen atoms in total. The van der Waals surface area contributed by atoms with Gasteiger partial charge in [-0.25, -0.2) is 13.6 Å². The Morgan fingerprint density at radius 1 is 1.32 bits per heavy atom. The molecule has 0 aromatic heterocycles. The zero-order valence-electron chi connectivity index (χ0n) is 9.91. The number of hydrogen-bond acceptors (Lipinski definition) is 3. The van der Waals surface area contributed by atoms with E-state index in [0.29, 0.717) is 18.6 Å². The average Bonchev–Trinajstić information content (AvgIpc) is 2.29. The second kappa shape index (κ2) is 5.93. The molecule has 0 atom stereocenters. The van der Waals surface area contributed by atoms with E-state index in [2.05, 4.69) is 4.72 Å². The zero-order chi connectivity index (χ0) is 14.6. The van der Waals surface area contributed by atoms with E-state index in [4.69, 9.17) is 5.11 Å². The molecule has 0 bridgehead atoms. The molecular formula is C10H12F2N2O4S. The minimum absolute atomic E-state index is 0.129. The van der Waals surface area contributed by atoms with E-state index < -0.39 is 39.1 Å². The number of nitrogens with one attached hydrogen (secondary N) is 2. The summed E-state index contributed by atoms with van der Waals surface area (Å²) in [6.45, 7) is 1.85. The Morgan fingerprint density at radius 2 is 1.95 bits per heavy atom. The van der Waals surface area contributed by atoms with Gasteiger partial charge in [0.15, 0.2) is 0 Å². The van der Waals surface area contributed by atoms with E-state index >= 15 is 0 Å². The Morgan fingerprint density at radius 3 is 2.47 bits per heavy atom. The Hall–Kier alpha value is -1.74. The Bertz CT molecular complexity index is 589. The number of halogens is 2. The van der Waals surface area contributed by atoms with Gasteiger partial charge < -0.3 is 5.11 Å². The molecule has 0 saturated carbocycles. The second-order valence-corrected chi connectivity index (χ2v) is 5.12. The minimum atomic E-state index is -4.03. The summed E-state index contributed by atoms with van der Waals surface area (Å²) < 4.78 is 53.3. The van der Waals surface area contributed by atoms with Crippen LogP contribution in [0.1, 0.15) is 23.7 Å². The van der Waals surface area contributed by atoms with Crippen molar-refractivity contribution in [3.8, 4) is 0 Å². The van der Waals surface area contributed by atoms with Gasteiger partial charge in [-0.05, 0) is 12.5 Å². The van der Waals surface area contributed by atoms with Crippen molar-refractivity contribution in [1.82, 2.24) is 4.72 Å². The summed E-state index contributed by atoms with van der Waals surface area (Å²) in [4.78, 5) is 10.7. The summed E-state index contributed by atoms with van der Waals surface area (Å²) in [5.41, 5.74) is -1.46. The SMILES string of the molecule is CCCNS(=O)(=O)Nc1cc(C(=O)O)c(F)cc1F. The Balaban J connectivity index is 3.08. The monoisotopic (exact) mass is 294 g/mol. The molecule has 0 aliphatic rings. The van der Waals surface area contributed by atoms with Gasteiger partial charge in [-0.15, -0.1) is 0 Å². The van der Waals surface area contributed by atoms with Gasteiger partial charge in [0.2, 0.25) is 0 Å². The van der Waals surface area contributed by atoms with Crippen molar-refractivity contribution < 1.29 is 27.1 Å². The van der Waals surface area contributed by atoms with Crippen LogP contribution in [0, 0.1) is 11.6 Å². The number of benzene rings is 1. The molecule has 0 spiro atoms. The van der Waals surface area contributed by atoms with Crippen molar-refractivity contribution in [2.75, 3.05) is 11.3 Å². The molecule has 0 radical (unpaired) electrons. The fraction of sp³-hybridized carbons (Fsp3) is 0.300. The van der Waals surface area contributed by atoms with Crippen LogP contribution in [0.5, 0.6) is 0 Å². The molecule has 1 aromatic rings. The molecule has 0 aliphatic carbocycles. The first kappa shape index (κ1) is 15.3. The third-order valence-electron chi connectivity index (χ3n) is 2.07. The van der Waals surface area contributed by atoms with Crippen LogP contribution in [-0.2, 0) is 10.2 Å². The van der Waals surface area contributed by atoms with Crippen molar-refractivity contribution >= 4 is 21.9 Å². The largest absolute Gasteiger partial charge is 0.478 e. The van der Waals surface area contributed by atoms with Crippen LogP contribution in [0.25, 0.3) is 0 Å². The van der Waals surface area contributed by atoms with Crippen LogP contribution in [0.15, 0.2) is 12.1 Å². The van der Waals surface area contributed by atoms with Crippen molar-refractivity contribution in [3.05, 3.63) is 29.3 Å². The van der Waals surface area contributed by atoms with E-state index in [1.54, 1.807) is 11.6 Å². The molecule has 3 N–H and O–H groups in total. The van der Waals surface area contributed by atoms with Crippen LogP contribution in [-0.4, -0.2) is 26.0 Å². The fourth-order valence-electron chi connectivity index (χ4n) is 1.21. The van der Waals surface area contributed by atoms with E-state index in [1.165, 1.54) is 0 Å². The molecule has 0 aliphatic heterocycles. The first-order valence-electron chi connectivity index (χ1n) is 5.26. The highest BCUT2D eigenvalue weighted by atomic mass is 32.2. The maximum atomic E-state index is 13.4. The molecule has 0 amide bonds. The molecule has 0 unspecified atom stereocenters. The smallest absolute Gasteiger partial charge is 0.338 e. The Labute approximate surface area is 108 Å². The lowest BCUT2D eigenvalue weighted by atomic mass is 10.2. The van der Waals surface area contributed by atoms with Crippen molar-refractivity contribution in [1.29, 1.82) is 0 Å². The molecule has 0 fully saturated rings. The minimum Gasteiger partial charge on any atom is -0.478 e. The van der Waals surface area contributed by atoms with E-state index in [1.807, 2.05) is 0 Å². The molecule has 1 rings (SSSR count). The lowest BCUT2D eigenvalue weighted by molar-refractivity contribution is 0.0692. The molecular weight excluding hydrogens is 282 g/mol. The van der Waals surface area contributed by atoms with Gasteiger partial charge in [-0.1, -0.05) is 6.92 Å². The summed E-state index contributed by atoms with van der Waals surface area (Å²) in [6, 6.07) is 0.888. The zero-order valence-corrected chi connectivity index (χ0v) is 10.7. The highest BCUT2D eigenvalue weighted by Gasteiger charge is 2.18. The summed E-state index contributed by atoms with van der Waals surface area (Å²) in [5.74, 6) is -4.11. The maximum Gasteiger partial charge on any atom is 0.338 e. The quantitative estimate of drug-likeness (QED) is 0.737. The first-order valence-corrected chi connectivity index (χ1v) is 6.75. The predicted octanol–water partition coefficient (Wildman–Crippen LogP) is 1.32. The van der Waals surface area contributed by atoms with Crippen LogP contribution < -0.4 is 9.44 Å². The molecule has 1 aromatic carbocycles. The normalized spacial score (nSPS) is 11.3. The van der Waals surface area contributed by atoms with E-state index in [0.717, 1.165) is 0 Å². The number of anilines is 1. The Kier molecular flexibility index (Phi) is 4.78. The highest BCUT2D eigenvalue weighted by Crippen LogP contribution is 2.20. The predicted molar refractivity (Wildman–Crippen MR) is 64.2 cm³/mol. The maximum absolute atomic E-state index is 13.4. The molecule has 106 valence electrons. The number of hydrogen-bond donors (Lipinski definition) is 3. The van der Waals surface area contributed by atoms with Crippen LogP contribution in [0.4, 0.5) is 14.5 Å². The van der Waals surface area contributed by atoms with Crippen molar-refractivity contribution in [2.24, 2.45) is 0 Å². The number of carbonyl (C=O) groups is 1. The molecule has 9 heteroatoms. The van der Waals surface area contributed by atoms with Crippen LogP contribution in [0.2, 0.25) is 0 Å². The van der Waals surface area contributed by atoms with E-state index in [9.17, 15) is 22.0 Å². The van der Waals surface area contributed by atoms with Crippen LogP contribution in [0.3, 0.4) is 0 Å². The van der Waals surface area contributed by atoms with E-state index in [-0.39, 0.29) is 6.54 Å². The molecule has 0 heterocycles. The van der Waals surface area contributed by atoms with Gasteiger partial charge in [0.1, 0.15) is 11.6 Å². The van der Waals surface area contributed by atoms with Gasteiger partial charge in [0.05, 0.1) is 11.3 Å².